The van der Waals surface area contributed by atoms with E-state index in [0.717, 1.165) is 38.5 Å². The highest BCUT2D eigenvalue weighted by molar-refractivity contribution is 5.69. The van der Waals surface area contributed by atoms with Crippen LogP contribution in [-0.4, -0.2) is 75.0 Å². The average molecular weight is 378 g/mol. The molecule has 0 aromatic carbocycles. The van der Waals surface area contributed by atoms with E-state index in [4.69, 9.17) is 29.2 Å². The van der Waals surface area contributed by atoms with Crippen LogP contribution in [0, 0.1) is 0 Å². The maximum atomic E-state index is 11.4. The first-order valence-electron chi connectivity index (χ1n) is 9.39. The summed E-state index contributed by atoms with van der Waals surface area (Å²) in [6.07, 6.45) is 6.38. The molecule has 0 radical (unpaired) electrons. The predicted octanol–water partition coefficient (Wildman–Crippen LogP) is 1.21. The molecule has 2 N–H and O–H groups in total. The molecule has 0 aliphatic carbocycles. The van der Waals surface area contributed by atoms with Crippen LogP contribution in [0.25, 0.3) is 0 Å². The van der Waals surface area contributed by atoms with Crippen molar-refractivity contribution in [1.82, 2.24) is 0 Å². The standard InChI is InChI=1S/C18H34O8/c19-9-11-23-13-15-25-17(21)7-5-3-1-2-4-6-8-18(22)26-16-14-24-12-10-20/h19-20H,1-16H2. The highest BCUT2D eigenvalue weighted by Gasteiger charge is 2.04. The Morgan fingerprint density at radius 1 is 0.538 bits per heavy atom. The Bertz CT molecular complexity index is 303. The molecule has 0 spiro atoms. The monoisotopic (exact) mass is 378 g/mol. The molecule has 0 amide bonds. The molecule has 8 heteroatoms. The molecular formula is C18H34O8. The zero-order valence-corrected chi connectivity index (χ0v) is 15.7. The Kier molecular flexibility index (Phi) is 19.2. The number of esters is 2. The summed E-state index contributed by atoms with van der Waals surface area (Å²) in [5.74, 6) is -0.438. The Balaban J connectivity index is 3.25. The number of hydrogen-bond donors (Lipinski definition) is 2. The van der Waals surface area contributed by atoms with Crippen LogP contribution in [0.1, 0.15) is 51.4 Å². The maximum Gasteiger partial charge on any atom is 0.305 e. The minimum absolute atomic E-state index is 0.0322. The third-order valence-corrected chi connectivity index (χ3v) is 3.46. The molecule has 0 rings (SSSR count). The van der Waals surface area contributed by atoms with Crippen LogP contribution in [0.2, 0.25) is 0 Å². The Morgan fingerprint density at radius 3 is 1.31 bits per heavy atom. The van der Waals surface area contributed by atoms with E-state index in [9.17, 15) is 9.59 Å². The minimum atomic E-state index is -0.219. The first-order chi connectivity index (χ1) is 12.7. The quantitative estimate of drug-likeness (QED) is 0.255. The normalized spacial score (nSPS) is 10.7. The summed E-state index contributed by atoms with van der Waals surface area (Å²) in [5.41, 5.74) is 0. The zero-order chi connectivity index (χ0) is 19.3. The van der Waals surface area contributed by atoms with Gasteiger partial charge in [0.15, 0.2) is 0 Å². The van der Waals surface area contributed by atoms with E-state index in [2.05, 4.69) is 0 Å². The molecule has 0 unspecified atom stereocenters. The first-order valence-corrected chi connectivity index (χ1v) is 9.39. The fourth-order valence-corrected chi connectivity index (χ4v) is 2.15. The highest BCUT2D eigenvalue weighted by Crippen LogP contribution is 2.09. The lowest BCUT2D eigenvalue weighted by Crippen LogP contribution is -2.11. The smallest absolute Gasteiger partial charge is 0.305 e. The molecule has 0 aromatic rings. The molecular weight excluding hydrogens is 344 g/mol. The largest absolute Gasteiger partial charge is 0.463 e. The van der Waals surface area contributed by atoms with Gasteiger partial charge in [0.05, 0.1) is 39.6 Å². The number of carbonyl (C=O) groups excluding carboxylic acids is 2. The van der Waals surface area contributed by atoms with Crippen LogP contribution in [0.5, 0.6) is 0 Å². The SMILES string of the molecule is O=C(CCCCCCCCC(=O)OCCOCCO)OCCOCCO. The summed E-state index contributed by atoms with van der Waals surface area (Å²) in [4.78, 5) is 22.9. The van der Waals surface area contributed by atoms with E-state index >= 15 is 0 Å². The van der Waals surface area contributed by atoms with Gasteiger partial charge in [-0.15, -0.1) is 0 Å². The van der Waals surface area contributed by atoms with Crippen LogP contribution in [0.3, 0.4) is 0 Å². The lowest BCUT2D eigenvalue weighted by Gasteiger charge is -2.06. The molecule has 0 atom stereocenters. The van der Waals surface area contributed by atoms with E-state index in [-0.39, 0.29) is 51.6 Å². The zero-order valence-electron chi connectivity index (χ0n) is 15.7. The van der Waals surface area contributed by atoms with Crippen molar-refractivity contribution >= 4 is 11.9 Å². The van der Waals surface area contributed by atoms with Crippen LogP contribution < -0.4 is 0 Å². The predicted molar refractivity (Wildman–Crippen MR) is 94.7 cm³/mol. The van der Waals surface area contributed by atoms with E-state index in [1.165, 1.54) is 0 Å². The van der Waals surface area contributed by atoms with Crippen molar-refractivity contribution in [2.45, 2.75) is 51.4 Å². The number of rotatable bonds is 19. The van der Waals surface area contributed by atoms with Gasteiger partial charge in [0.1, 0.15) is 13.2 Å². The maximum absolute atomic E-state index is 11.4. The summed E-state index contributed by atoms with van der Waals surface area (Å²) in [5, 5.41) is 17.0. The van der Waals surface area contributed by atoms with Crippen molar-refractivity contribution in [3.05, 3.63) is 0 Å². The van der Waals surface area contributed by atoms with Gasteiger partial charge in [0, 0.05) is 12.8 Å². The Morgan fingerprint density at radius 2 is 0.923 bits per heavy atom. The van der Waals surface area contributed by atoms with Crippen LogP contribution in [0.4, 0.5) is 0 Å². The lowest BCUT2D eigenvalue weighted by molar-refractivity contribution is -0.146. The average Bonchev–Trinajstić information content (AvgIpc) is 2.63. The Labute approximate surface area is 155 Å². The molecule has 0 aliphatic rings. The second-order valence-corrected chi connectivity index (χ2v) is 5.73. The van der Waals surface area contributed by atoms with Gasteiger partial charge in [0.2, 0.25) is 0 Å². The number of unbranched alkanes of at least 4 members (excludes halogenated alkanes) is 5. The third-order valence-electron chi connectivity index (χ3n) is 3.46. The fourth-order valence-electron chi connectivity index (χ4n) is 2.15. The molecule has 26 heavy (non-hydrogen) atoms. The van der Waals surface area contributed by atoms with Gasteiger partial charge < -0.3 is 29.2 Å². The van der Waals surface area contributed by atoms with Gasteiger partial charge >= 0.3 is 11.9 Å². The number of carbonyl (C=O) groups is 2. The summed E-state index contributed by atoms with van der Waals surface area (Å²) in [6.45, 7) is 1.52. The third kappa shape index (κ3) is 19.1. The molecule has 0 bridgehead atoms. The highest BCUT2D eigenvalue weighted by atomic mass is 16.6. The van der Waals surface area contributed by atoms with Crippen LogP contribution >= 0.6 is 0 Å². The Hall–Kier alpha value is -1.22. The number of hydrogen-bond acceptors (Lipinski definition) is 8. The molecule has 0 aromatic heterocycles. The summed E-state index contributed by atoms with van der Waals surface area (Å²) in [7, 11) is 0. The van der Waals surface area contributed by atoms with E-state index in [0.29, 0.717) is 26.1 Å². The molecule has 154 valence electrons. The van der Waals surface area contributed by atoms with Crippen molar-refractivity contribution in [3.63, 3.8) is 0 Å². The minimum Gasteiger partial charge on any atom is -0.463 e. The topological polar surface area (TPSA) is 112 Å². The van der Waals surface area contributed by atoms with Crippen molar-refractivity contribution in [1.29, 1.82) is 0 Å². The molecule has 0 fully saturated rings. The molecule has 0 saturated carbocycles. The summed E-state index contributed by atoms with van der Waals surface area (Å²) < 4.78 is 20.0. The van der Waals surface area contributed by atoms with Crippen LogP contribution in [0.15, 0.2) is 0 Å². The van der Waals surface area contributed by atoms with Crippen LogP contribution in [-0.2, 0) is 28.5 Å². The lowest BCUT2D eigenvalue weighted by atomic mass is 10.1. The van der Waals surface area contributed by atoms with Gasteiger partial charge in [-0.1, -0.05) is 25.7 Å². The van der Waals surface area contributed by atoms with Crippen molar-refractivity contribution in [2.75, 3.05) is 52.9 Å². The second kappa shape index (κ2) is 20.1. The molecule has 8 nitrogen and oxygen atoms in total. The van der Waals surface area contributed by atoms with E-state index in [1.54, 1.807) is 0 Å². The van der Waals surface area contributed by atoms with Gasteiger partial charge in [-0.3, -0.25) is 9.59 Å². The first kappa shape index (κ1) is 24.8. The van der Waals surface area contributed by atoms with Gasteiger partial charge in [-0.2, -0.15) is 0 Å². The number of aliphatic hydroxyl groups is 2. The summed E-state index contributed by atoms with van der Waals surface area (Å²) >= 11 is 0. The van der Waals surface area contributed by atoms with E-state index < -0.39 is 0 Å². The van der Waals surface area contributed by atoms with Crippen molar-refractivity contribution < 1.29 is 38.7 Å². The van der Waals surface area contributed by atoms with E-state index in [1.807, 2.05) is 0 Å². The van der Waals surface area contributed by atoms with Gasteiger partial charge in [-0.05, 0) is 12.8 Å². The van der Waals surface area contributed by atoms with Crippen molar-refractivity contribution in [3.8, 4) is 0 Å². The summed E-state index contributed by atoms with van der Waals surface area (Å²) in [6, 6.07) is 0. The van der Waals surface area contributed by atoms with Crippen molar-refractivity contribution in [2.24, 2.45) is 0 Å². The molecule has 0 saturated heterocycles. The molecule has 0 aliphatic heterocycles. The number of ether oxygens (including phenoxy) is 4. The molecule has 0 heterocycles. The van der Waals surface area contributed by atoms with Gasteiger partial charge in [-0.25, -0.2) is 0 Å². The fraction of sp³-hybridized carbons (Fsp3) is 0.889. The second-order valence-electron chi connectivity index (χ2n) is 5.73. The van der Waals surface area contributed by atoms with Gasteiger partial charge in [0.25, 0.3) is 0 Å². The number of aliphatic hydroxyl groups excluding tert-OH is 2.